The van der Waals surface area contributed by atoms with Crippen LogP contribution in [0.4, 0.5) is 10.1 Å². The Balaban J connectivity index is 1.57. The van der Waals surface area contributed by atoms with Gasteiger partial charge in [0.15, 0.2) is 0 Å². The van der Waals surface area contributed by atoms with Crippen molar-refractivity contribution in [3.05, 3.63) is 70.6 Å². The number of hydrogen-bond acceptors (Lipinski definition) is 4. The Morgan fingerprint density at radius 2 is 1.92 bits per heavy atom. The molecule has 2 heterocycles. The predicted molar refractivity (Wildman–Crippen MR) is 88.8 cm³/mol. The minimum absolute atomic E-state index is 0.0121. The molecular weight excluding hydrogens is 327 g/mol. The predicted octanol–water partition coefficient (Wildman–Crippen LogP) is 2.90. The summed E-state index contributed by atoms with van der Waals surface area (Å²) in [6, 6.07) is 12.2. The molecule has 0 fully saturated rings. The minimum atomic E-state index is -0.507. The highest BCUT2D eigenvalue weighted by Crippen LogP contribution is 2.21. The molecule has 2 aromatic heterocycles. The molecule has 0 spiro atoms. The van der Waals surface area contributed by atoms with Gasteiger partial charge in [-0.1, -0.05) is 17.3 Å². The zero-order valence-corrected chi connectivity index (χ0v) is 12.7. The fourth-order valence-electron chi connectivity index (χ4n) is 2.47. The number of imidazole rings is 1. The molecule has 0 bridgehead atoms. The number of carbonyl (C=O) groups excluding carboxylic acids is 1. The second kappa shape index (κ2) is 5.75. The second-order valence-electron chi connectivity index (χ2n) is 5.38. The molecule has 8 heteroatoms. The van der Waals surface area contributed by atoms with Crippen LogP contribution in [0.15, 0.2) is 57.8 Å². The molecule has 0 saturated carbocycles. The molecule has 0 radical (unpaired) electrons. The van der Waals surface area contributed by atoms with Crippen molar-refractivity contribution in [2.45, 2.75) is 0 Å². The van der Waals surface area contributed by atoms with Gasteiger partial charge in [-0.2, -0.15) is 0 Å². The van der Waals surface area contributed by atoms with E-state index in [0.717, 1.165) is 0 Å². The average molecular weight is 338 g/mol. The number of H-pyrrole nitrogens is 2. The monoisotopic (exact) mass is 338 g/mol. The van der Waals surface area contributed by atoms with E-state index in [-0.39, 0.29) is 11.4 Å². The highest BCUT2D eigenvalue weighted by molar-refractivity contribution is 6.03. The summed E-state index contributed by atoms with van der Waals surface area (Å²) < 4.78 is 18.3. The van der Waals surface area contributed by atoms with E-state index in [9.17, 15) is 14.0 Å². The van der Waals surface area contributed by atoms with Gasteiger partial charge in [-0.15, -0.1) is 0 Å². The van der Waals surface area contributed by atoms with Gasteiger partial charge in [0, 0.05) is 17.3 Å². The van der Waals surface area contributed by atoms with Gasteiger partial charge in [0.1, 0.15) is 11.5 Å². The number of halogens is 1. The quantitative estimate of drug-likeness (QED) is 0.534. The van der Waals surface area contributed by atoms with Gasteiger partial charge in [-0.05, 0) is 30.3 Å². The Morgan fingerprint density at radius 1 is 1.08 bits per heavy atom. The molecular formula is C17H11FN4O3. The highest BCUT2D eigenvalue weighted by atomic mass is 19.1. The van der Waals surface area contributed by atoms with E-state index >= 15 is 0 Å². The zero-order chi connectivity index (χ0) is 17.4. The standard InChI is InChI=1S/C17H11FN4O3/c18-10-3-1-2-9(6-10)13-8-15(25-22-13)16(23)19-11-4-5-12-14(7-11)21-17(24)20-12/h1-8H,(H,19,23)(H2,20,21,24). The van der Waals surface area contributed by atoms with E-state index in [1.807, 2.05) is 0 Å². The summed E-state index contributed by atoms with van der Waals surface area (Å²) in [6.07, 6.45) is 0. The molecule has 0 aliphatic heterocycles. The van der Waals surface area contributed by atoms with Crippen LogP contribution in [-0.4, -0.2) is 21.0 Å². The molecule has 4 aromatic rings. The maximum Gasteiger partial charge on any atom is 0.323 e. The maximum atomic E-state index is 13.3. The number of carbonyl (C=O) groups is 1. The van der Waals surface area contributed by atoms with E-state index in [2.05, 4.69) is 20.4 Å². The highest BCUT2D eigenvalue weighted by Gasteiger charge is 2.15. The number of rotatable bonds is 3. The molecule has 0 aliphatic carbocycles. The van der Waals surface area contributed by atoms with Crippen molar-refractivity contribution in [2.24, 2.45) is 0 Å². The lowest BCUT2D eigenvalue weighted by atomic mass is 10.1. The number of hydrogen-bond donors (Lipinski definition) is 3. The van der Waals surface area contributed by atoms with E-state index in [4.69, 9.17) is 4.52 Å². The molecule has 3 N–H and O–H groups in total. The molecule has 2 aromatic carbocycles. The molecule has 0 atom stereocenters. The van der Waals surface area contributed by atoms with Crippen molar-refractivity contribution in [3.8, 4) is 11.3 Å². The summed E-state index contributed by atoms with van der Waals surface area (Å²) in [5, 5.41) is 6.44. The summed E-state index contributed by atoms with van der Waals surface area (Å²) in [6.45, 7) is 0. The third-order valence-electron chi connectivity index (χ3n) is 3.63. The van der Waals surface area contributed by atoms with Gasteiger partial charge in [-0.3, -0.25) is 4.79 Å². The normalized spacial score (nSPS) is 10.9. The Hall–Kier alpha value is -3.68. The molecule has 0 saturated heterocycles. The van der Waals surface area contributed by atoms with E-state index in [0.29, 0.717) is 28.0 Å². The Labute approximate surface area is 139 Å². The van der Waals surface area contributed by atoms with Crippen LogP contribution >= 0.6 is 0 Å². The first kappa shape index (κ1) is 14.9. The Kier molecular flexibility index (Phi) is 3.42. The SMILES string of the molecule is O=C(Nc1ccc2[nH]c(=O)[nH]c2c1)c1cc(-c2cccc(F)c2)no1. The number of aromatic amines is 2. The van der Waals surface area contributed by atoms with Crippen molar-refractivity contribution < 1.29 is 13.7 Å². The molecule has 124 valence electrons. The lowest BCUT2D eigenvalue weighted by Crippen LogP contribution is -2.10. The van der Waals surface area contributed by atoms with Crippen molar-refractivity contribution >= 4 is 22.6 Å². The molecule has 0 unspecified atom stereocenters. The second-order valence-corrected chi connectivity index (χ2v) is 5.38. The summed E-state index contributed by atoms with van der Waals surface area (Å²) in [5.74, 6) is -0.922. The number of nitrogens with zero attached hydrogens (tertiary/aromatic N) is 1. The van der Waals surface area contributed by atoms with Crippen LogP contribution in [0.3, 0.4) is 0 Å². The fraction of sp³-hybridized carbons (Fsp3) is 0. The number of anilines is 1. The van der Waals surface area contributed by atoms with Gasteiger partial charge in [0.25, 0.3) is 5.91 Å². The first-order valence-corrected chi connectivity index (χ1v) is 7.34. The number of benzene rings is 2. The summed E-state index contributed by atoms with van der Waals surface area (Å²) in [5.41, 5.74) is 2.23. The van der Waals surface area contributed by atoms with Gasteiger partial charge in [0.2, 0.25) is 5.76 Å². The Morgan fingerprint density at radius 3 is 2.76 bits per heavy atom. The van der Waals surface area contributed by atoms with Crippen LogP contribution in [-0.2, 0) is 0 Å². The number of fused-ring (bicyclic) bond motifs is 1. The fourth-order valence-corrected chi connectivity index (χ4v) is 2.47. The Bertz CT molecular complexity index is 1140. The smallest absolute Gasteiger partial charge is 0.323 e. The van der Waals surface area contributed by atoms with E-state index in [1.54, 1.807) is 30.3 Å². The van der Waals surface area contributed by atoms with Gasteiger partial charge in [-0.25, -0.2) is 9.18 Å². The number of amides is 1. The van der Waals surface area contributed by atoms with Crippen molar-refractivity contribution in [1.29, 1.82) is 0 Å². The number of aromatic nitrogens is 3. The summed E-state index contributed by atoms with van der Waals surface area (Å²) in [7, 11) is 0. The average Bonchev–Trinajstić information content (AvgIpc) is 3.20. The lowest BCUT2D eigenvalue weighted by Gasteiger charge is -2.02. The number of nitrogens with one attached hydrogen (secondary N) is 3. The summed E-state index contributed by atoms with van der Waals surface area (Å²) in [4.78, 5) is 28.7. The molecule has 0 aliphatic rings. The topological polar surface area (TPSA) is 104 Å². The van der Waals surface area contributed by atoms with E-state index in [1.165, 1.54) is 18.2 Å². The first-order chi connectivity index (χ1) is 12.1. The molecule has 7 nitrogen and oxygen atoms in total. The van der Waals surface area contributed by atoms with Crippen LogP contribution in [0.5, 0.6) is 0 Å². The van der Waals surface area contributed by atoms with Crippen molar-refractivity contribution in [3.63, 3.8) is 0 Å². The van der Waals surface area contributed by atoms with Crippen molar-refractivity contribution in [1.82, 2.24) is 15.1 Å². The lowest BCUT2D eigenvalue weighted by molar-refractivity contribution is 0.0988. The van der Waals surface area contributed by atoms with Crippen molar-refractivity contribution in [2.75, 3.05) is 5.32 Å². The van der Waals surface area contributed by atoms with Crippen LogP contribution in [0.25, 0.3) is 22.3 Å². The molecule has 25 heavy (non-hydrogen) atoms. The largest absolute Gasteiger partial charge is 0.350 e. The van der Waals surface area contributed by atoms with Crippen LogP contribution in [0, 0.1) is 5.82 Å². The van der Waals surface area contributed by atoms with Crippen LogP contribution in [0.2, 0.25) is 0 Å². The van der Waals surface area contributed by atoms with Gasteiger partial charge < -0.3 is 19.8 Å². The molecule has 4 rings (SSSR count). The van der Waals surface area contributed by atoms with Gasteiger partial charge in [0.05, 0.1) is 11.0 Å². The third kappa shape index (κ3) is 2.92. The zero-order valence-electron chi connectivity index (χ0n) is 12.7. The molecule has 1 amide bonds. The van der Waals surface area contributed by atoms with Crippen LogP contribution < -0.4 is 11.0 Å². The summed E-state index contributed by atoms with van der Waals surface area (Å²) >= 11 is 0. The van der Waals surface area contributed by atoms with E-state index < -0.39 is 11.7 Å². The third-order valence-corrected chi connectivity index (χ3v) is 3.63. The van der Waals surface area contributed by atoms with Crippen LogP contribution in [0.1, 0.15) is 10.6 Å². The minimum Gasteiger partial charge on any atom is -0.350 e. The van der Waals surface area contributed by atoms with Gasteiger partial charge >= 0.3 is 5.69 Å². The first-order valence-electron chi connectivity index (χ1n) is 7.34. The maximum absolute atomic E-state index is 13.3.